The molecule has 2 fully saturated rings. The molecule has 0 N–H and O–H groups in total. The minimum Gasteiger partial charge on any atom is -0.210 e. The summed E-state index contributed by atoms with van der Waals surface area (Å²) in [4.78, 5) is 0. The van der Waals surface area contributed by atoms with Gasteiger partial charge in [-0.15, -0.1) is 0 Å². The second-order valence-corrected chi connectivity index (χ2v) is 9.33. The van der Waals surface area contributed by atoms with Crippen LogP contribution >= 0.6 is 0 Å². The van der Waals surface area contributed by atoms with E-state index in [2.05, 4.69) is 31.2 Å². The molecule has 3 rings (SSSR count). The Morgan fingerprint density at radius 3 is 2.07 bits per heavy atom. The largest absolute Gasteiger partial charge is 0.242 e. The van der Waals surface area contributed by atoms with Gasteiger partial charge in [-0.2, -0.15) is 0 Å². The van der Waals surface area contributed by atoms with Gasteiger partial charge in [0.2, 0.25) is 6.43 Å². The van der Waals surface area contributed by atoms with Crippen LogP contribution in [0.4, 0.5) is 8.78 Å². The van der Waals surface area contributed by atoms with E-state index in [0.29, 0.717) is 0 Å². The van der Waals surface area contributed by atoms with Gasteiger partial charge in [-0.1, -0.05) is 61.2 Å². The lowest BCUT2D eigenvalue weighted by Crippen LogP contribution is -2.25. The van der Waals surface area contributed by atoms with Crippen molar-refractivity contribution < 1.29 is 8.78 Å². The molecule has 0 radical (unpaired) electrons. The number of rotatable bonds is 8. The molecule has 0 spiro atoms. The minimum atomic E-state index is -2.20. The minimum absolute atomic E-state index is 0.0860. The predicted octanol–water partition coefficient (Wildman–Crippen LogP) is 8.46. The van der Waals surface area contributed by atoms with E-state index >= 15 is 0 Å². The van der Waals surface area contributed by atoms with Crippen LogP contribution in [0.5, 0.6) is 0 Å². The Hall–Kier alpha value is -1.18. The van der Waals surface area contributed by atoms with Gasteiger partial charge in [0.05, 0.1) is 0 Å². The average molecular weight is 389 g/mol. The number of unbranched alkanes of at least 4 members (excludes halogenated alkanes) is 1. The van der Waals surface area contributed by atoms with Gasteiger partial charge in [-0.25, -0.2) is 8.78 Å². The van der Waals surface area contributed by atoms with Crippen molar-refractivity contribution in [2.45, 2.75) is 96.3 Å². The molecule has 0 bridgehead atoms. The second-order valence-electron chi connectivity index (χ2n) is 9.33. The average Bonchev–Trinajstić information content (AvgIpc) is 2.72. The molecule has 156 valence electrons. The molecule has 2 aliphatic rings. The van der Waals surface area contributed by atoms with Gasteiger partial charge in [0.1, 0.15) is 0 Å². The maximum Gasteiger partial charge on any atom is 0.242 e. The van der Waals surface area contributed by atoms with Crippen molar-refractivity contribution in [1.82, 2.24) is 0 Å². The summed E-state index contributed by atoms with van der Waals surface area (Å²) < 4.78 is 24.2. The number of halogens is 2. The number of benzene rings is 1. The molecule has 28 heavy (non-hydrogen) atoms. The van der Waals surface area contributed by atoms with Crippen LogP contribution in [0.3, 0.4) is 0 Å². The molecule has 2 heteroatoms. The Balaban J connectivity index is 1.31. The second kappa shape index (κ2) is 11.1. The van der Waals surface area contributed by atoms with Crippen molar-refractivity contribution in [3.63, 3.8) is 0 Å². The molecule has 1 aromatic carbocycles. The van der Waals surface area contributed by atoms with Crippen LogP contribution in [0.25, 0.3) is 0 Å². The maximum atomic E-state index is 12.1. The first kappa shape index (κ1) is 21.5. The Labute approximate surface area is 170 Å². The first-order chi connectivity index (χ1) is 13.6. The molecule has 2 aliphatic carbocycles. The molecule has 2 saturated carbocycles. The maximum absolute atomic E-state index is 12.1. The number of hydrogen-bond donors (Lipinski definition) is 0. The Morgan fingerprint density at radius 2 is 1.46 bits per heavy atom. The van der Waals surface area contributed by atoms with Gasteiger partial charge in [0, 0.05) is 6.42 Å². The Morgan fingerprint density at radius 1 is 0.857 bits per heavy atom. The van der Waals surface area contributed by atoms with Gasteiger partial charge >= 0.3 is 0 Å². The number of alkyl halides is 2. The quantitative estimate of drug-likeness (QED) is 0.309. The van der Waals surface area contributed by atoms with E-state index < -0.39 is 6.43 Å². The standard InChI is InChI=1S/C26H38F2/c1-20-8-12-22(13-9-20)24-16-18-25(19-17-24)23-14-10-21(11-15-23)6-4-2-3-5-7-26(27)28/h3,5,8-9,12-13,21,23-26H,2,4,6-7,10-11,14-19H2,1H3/b5-3+/t21-,23-,24?,25?. The summed E-state index contributed by atoms with van der Waals surface area (Å²) in [6, 6.07) is 9.21. The third-order valence-electron chi connectivity index (χ3n) is 7.34. The lowest BCUT2D eigenvalue weighted by Gasteiger charge is -2.38. The monoisotopic (exact) mass is 388 g/mol. The molecule has 0 saturated heterocycles. The summed E-state index contributed by atoms with van der Waals surface area (Å²) in [5.74, 6) is 3.58. The van der Waals surface area contributed by atoms with Gasteiger partial charge in [0.25, 0.3) is 0 Å². The van der Waals surface area contributed by atoms with E-state index in [0.717, 1.165) is 36.5 Å². The zero-order valence-corrected chi connectivity index (χ0v) is 17.6. The normalized spacial score (nSPS) is 28.9. The van der Waals surface area contributed by atoms with Crippen LogP contribution in [-0.2, 0) is 0 Å². The zero-order chi connectivity index (χ0) is 19.8. The summed E-state index contributed by atoms with van der Waals surface area (Å²) in [7, 11) is 0. The van der Waals surface area contributed by atoms with Crippen LogP contribution in [0.15, 0.2) is 36.4 Å². The molecule has 0 aliphatic heterocycles. The van der Waals surface area contributed by atoms with Crippen molar-refractivity contribution in [3.05, 3.63) is 47.5 Å². The van der Waals surface area contributed by atoms with Crippen molar-refractivity contribution in [2.75, 3.05) is 0 Å². The molecule has 0 atom stereocenters. The van der Waals surface area contributed by atoms with E-state index in [1.165, 1.54) is 63.4 Å². The highest BCUT2D eigenvalue weighted by molar-refractivity contribution is 5.24. The highest BCUT2D eigenvalue weighted by Crippen LogP contribution is 2.44. The van der Waals surface area contributed by atoms with E-state index in [9.17, 15) is 8.78 Å². The summed E-state index contributed by atoms with van der Waals surface area (Å²) in [6.45, 7) is 2.17. The smallest absolute Gasteiger partial charge is 0.210 e. The highest BCUT2D eigenvalue weighted by atomic mass is 19.3. The Bertz CT molecular complexity index is 573. The fourth-order valence-corrected chi connectivity index (χ4v) is 5.55. The van der Waals surface area contributed by atoms with E-state index in [4.69, 9.17) is 0 Å². The van der Waals surface area contributed by atoms with Gasteiger partial charge in [-0.05, 0) is 87.5 Å². The summed E-state index contributed by atoms with van der Waals surface area (Å²) in [5.41, 5.74) is 2.91. The van der Waals surface area contributed by atoms with Crippen LogP contribution < -0.4 is 0 Å². The van der Waals surface area contributed by atoms with Crippen molar-refractivity contribution in [2.24, 2.45) is 17.8 Å². The van der Waals surface area contributed by atoms with Crippen molar-refractivity contribution in [1.29, 1.82) is 0 Å². The highest BCUT2D eigenvalue weighted by Gasteiger charge is 2.31. The molecule has 0 amide bonds. The van der Waals surface area contributed by atoms with Crippen LogP contribution in [-0.4, -0.2) is 6.43 Å². The molecule has 1 aromatic rings. The molecule has 0 heterocycles. The fourth-order valence-electron chi connectivity index (χ4n) is 5.55. The number of allylic oxidation sites excluding steroid dienone is 2. The van der Waals surface area contributed by atoms with Crippen molar-refractivity contribution in [3.8, 4) is 0 Å². The van der Waals surface area contributed by atoms with E-state index in [1.807, 2.05) is 6.08 Å². The van der Waals surface area contributed by atoms with Gasteiger partial charge < -0.3 is 0 Å². The first-order valence-corrected chi connectivity index (χ1v) is 11.6. The van der Waals surface area contributed by atoms with Crippen LogP contribution in [0.2, 0.25) is 0 Å². The fraction of sp³-hybridized carbons (Fsp3) is 0.692. The van der Waals surface area contributed by atoms with E-state index in [-0.39, 0.29) is 6.42 Å². The molecular formula is C26H38F2. The lowest BCUT2D eigenvalue weighted by molar-refractivity contribution is 0.152. The predicted molar refractivity (Wildman–Crippen MR) is 115 cm³/mol. The number of hydrogen-bond acceptors (Lipinski definition) is 0. The van der Waals surface area contributed by atoms with Gasteiger partial charge in [-0.3, -0.25) is 0 Å². The summed E-state index contributed by atoms with van der Waals surface area (Å²) in [5, 5.41) is 0. The lowest BCUT2D eigenvalue weighted by atomic mass is 9.68. The third-order valence-corrected chi connectivity index (χ3v) is 7.34. The summed E-state index contributed by atoms with van der Waals surface area (Å²) in [6.07, 6.45) is 15.9. The summed E-state index contributed by atoms with van der Waals surface area (Å²) >= 11 is 0. The SMILES string of the molecule is Cc1ccc(C2CCC([C@H]3CC[C@H](CCC/C=C/CC(F)F)CC3)CC2)cc1. The molecule has 0 unspecified atom stereocenters. The molecule has 0 aromatic heterocycles. The van der Waals surface area contributed by atoms with Gasteiger partial charge in [0.15, 0.2) is 0 Å². The third kappa shape index (κ3) is 6.71. The Kier molecular flexibility index (Phi) is 8.55. The first-order valence-electron chi connectivity index (χ1n) is 11.6. The van der Waals surface area contributed by atoms with Crippen LogP contribution in [0.1, 0.15) is 94.1 Å². The van der Waals surface area contributed by atoms with E-state index in [1.54, 1.807) is 11.6 Å². The molecular weight excluding hydrogens is 350 g/mol. The zero-order valence-electron chi connectivity index (χ0n) is 17.6. The van der Waals surface area contributed by atoms with Crippen molar-refractivity contribution >= 4 is 0 Å². The number of aryl methyl sites for hydroxylation is 1. The van der Waals surface area contributed by atoms with Crippen LogP contribution in [0, 0.1) is 24.7 Å². The topological polar surface area (TPSA) is 0 Å². The molecule has 0 nitrogen and oxygen atoms in total.